The molecule has 0 spiro atoms. The van der Waals surface area contributed by atoms with Crippen molar-refractivity contribution in [1.82, 2.24) is 14.6 Å². The molecular weight excluding hydrogens is 258 g/mol. The zero-order chi connectivity index (χ0) is 11.8. The number of nitrogens with zero attached hydrogens (tertiary/aromatic N) is 3. The molecule has 0 amide bonds. The van der Waals surface area contributed by atoms with E-state index in [0.29, 0.717) is 21.2 Å². The van der Waals surface area contributed by atoms with Crippen LogP contribution in [0.2, 0.25) is 5.15 Å². The van der Waals surface area contributed by atoms with Gasteiger partial charge >= 0.3 is 0 Å². The fourth-order valence-electron chi connectivity index (χ4n) is 1.56. The Morgan fingerprint density at radius 1 is 1.41 bits per heavy atom. The van der Waals surface area contributed by atoms with Crippen LogP contribution in [-0.4, -0.2) is 20.4 Å². The molecule has 84 valence electrons. The van der Waals surface area contributed by atoms with Crippen molar-refractivity contribution in [1.29, 1.82) is 0 Å². The summed E-state index contributed by atoms with van der Waals surface area (Å²) in [5, 5.41) is 6.35. The lowest BCUT2D eigenvalue weighted by Crippen LogP contribution is -1.99. The Balaban J connectivity index is 2.19. The van der Waals surface area contributed by atoms with E-state index in [1.165, 1.54) is 22.0 Å². The second-order valence-electron chi connectivity index (χ2n) is 3.37. The Labute approximate surface area is 105 Å². The lowest BCUT2D eigenvalue weighted by molar-refractivity contribution is 0.104. The number of ketones is 1. The van der Waals surface area contributed by atoms with Gasteiger partial charge in [-0.2, -0.15) is 5.10 Å². The van der Waals surface area contributed by atoms with Crippen LogP contribution in [0.1, 0.15) is 15.2 Å². The number of carbonyl (C=O) groups is 1. The number of carbonyl (C=O) groups excluding carboxylic acids is 1. The number of fused-ring (bicyclic) bond motifs is 1. The molecular formula is C11H6ClN3OS. The van der Waals surface area contributed by atoms with Crippen LogP contribution in [0.25, 0.3) is 5.65 Å². The summed E-state index contributed by atoms with van der Waals surface area (Å²) < 4.78 is 1.45. The van der Waals surface area contributed by atoms with Gasteiger partial charge in [0.2, 0.25) is 5.78 Å². The van der Waals surface area contributed by atoms with Crippen molar-refractivity contribution in [2.45, 2.75) is 0 Å². The molecule has 3 aromatic rings. The van der Waals surface area contributed by atoms with Crippen molar-refractivity contribution in [3.63, 3.8) is 0 Å². The monoisotopic (exact) mass is 263 g/mol. The van der Waals surface area contributed by atoms with Crippen LogP contribution in [0.15, 0.2) is 36.0 Å². The molecule has 0 fully saturated rings. The van der Waals surface area contributed by atoms with E-state index < -0.39 is 0 Å². The Kier molecular flexibility index (Phi) is 2.42. The Morgan fingerprint density at radius 2 is 2.29 bits per heavy atom. The summed E-state index contributed by atoms with van der Waals surface area (Å²) in [5.41, 5.74) is 0.950. The standard InChI is InChI=1S/C11H6ClN3OS/c12-9-3-4-13-11-7(6-14-15(9)11)10(16)8-2-1-5-17-8/h1-6H. The first-order valence-electron chi connectivity index (χ1n) is 4.84. The minimum atomic E-state index is -0.0789. The van der Waals surface area contributed by atoms with Gasteiger partial charge in [-0.25, -0.2) is 9.50 Å². The van der Waals surface area contributed by atoms with E-state index >= 15 is 0 Å². The highest BCUT2D eigenvalue weighted by atomic mass is 35.5. The zero-order valence-electron chi connectivity index (χ0n) is 8.50. The Bertz CT molecular complexity index is 690. The number of thiophene rings is 1. The topological polar surface area (TPSA) is 47.3 Å². The van der Waals surface area contributed by atoms with Crippen molar-refractivity contribution >= 4 is 34.4 Å². The van der Waals surface area contributed by atoms with Crippen LogP contribution in [0.5, 0.6) is 0 Å². The molecule has 0 N–H and O–H groups in total. The van der Waals surface area contributed by atoms with Gasteiger partial charge in [0.25, 0.3) is 0 Å². The molecule has 3 rings (SSSR count). The maximum atomic E-state index is 12.2. The first-order chi connectivity index (χ1) is 8.27. The summed E-state index contributed by atoms with van der Waals surface area (Å²) in [7, 11) is 0. The number of halogens is 1. The summed E-state index contributed by atoms with van der Waals surface area (Å²) in [6, 6.07) is 5.24. The molecule has 0 aromatic carbocycles. The van der Waals surface area contributed by atoms with E-state index in [1.54, 1.807) is 18.3 Å². The smallest absolute Gasteiger partial charge is 0.208 e. The molecule has 0 aliphatic heterocycles. The molecule has 6 heteroatoms. The van der Waals surface area contributed by atoms with Gasteiger partial charge in [0, 0.05) is 6.20 Å². The van der Waals surface area contributed by atoms with Gasteiger partial charge in [-0.15, -0.1) is 11.3 Å². The predicted molar refractivity (Wildman–Crippen MR) is 65.7 cm³/mol. The van der Waals surface area contributed by atoms with Crippen molar-refractivity contribution in [3.8, 4) is 0 Å². The number of hydrogen-bond donors (Lipinski definition) is 0. The van der Waals surface area contributed by atoms with Crippen LogP contribution < -0.4 is 0 Å². The van der Waals surface area contributed by atoms with Gasteiger partial charge in [-0.3, -0.25) is 4.79 Å². The molecule has 0 aliphatic rings. The lowest BCUT2D eigenvalue weighted by atomic mass is 10.2. The van der Waals surface area contributed by atoms with Crippen LogP contribution in [0, 0.1) is 0 Å². The van der Waals surface area contributed by atoms with E-state index in [9.17, 15) is 4.79 Å². The van der Waals surface area contributed by atoms with Gasteiger partial charge in [-0.05, 0) is 17.5 Å². The SMILES string of the molecule is O=C(c1cccs1)c1cnn2c(Cl)ccnc12. The van der Waals surface area contributed by atoms with Crippen LogP contribution in [-0.2, 0) is 0 Å². The molecule has 0 atom stereocenters. The van der Waals surface area contributed by atoms with Gasteiger partial charge in [0.15, 0.2) is 5.65 Å². The normalized spacial score (nSPS) is 10.9. The quantitative estimate of drug-likeness (QED) is 0.528. The average Bonchev–Trinajstić information content (AvgIpc) is 2.98. The Morgan fingerprint density at radius 3 is 3.06 bits per heavy atom. The molecule has 0 aliphatic carbocycles. The third kappa shape index (κ3) is 1.64. The Hall–Kier alpha value is -1.72. The summed E-state index contributed by atoms with van der Waals surface area (Å²) in [4.78, 5) is 17.0. The molecule has 17 heavy (non-hydrogen) atoms. The van der Waals surface area contributed by atoms with Crippen molar-refractivity contribution in [2.75, 3.05) is 0 Å². The predicted octanol–water partition coefficient (Wildman–Crippen LogP) is 2.68. The number of hydrogen-bond acceptors (Lipinski definition) is 4. The van der Waals surface area contributed by atoms with E-state index in [2.05, 4.69) is 10.1 Å². The fraction of sp³-hybridized carbons (Fsp3) is 0. The van der Waals surface area contributed by atoms with Crippen LogP contribution >= 0.6 is 22.9 Å². The summed E-state index contributed by atoms with van der Waals surface area (Å²) in [5.74, 6) is -0.0789. The molecule has 0 unspecified atom stereocenters. The minimum Gasteiger partial charge on any atom is -0.287 e. The maximum absolute atomic E-state index is 12.2. The van der Waals surface area contributed by atoms with Gasteiger partial charge in [0.1, 0.15) is 5.15 Å². The second kappa shape index (κ2) is 3.94. The number of rotatable bonds is 2. The third-order valence-corrected chi connectivity index (χ3v) is 3.50. The van der Waals surface area contributed by atoms with Crippen molar-refractivity contribution in [3.05, 3.63) is 51.6 Å². The average molecular weight is 264 g/mol. The fourth-order valence-corrected chi connectivity index (χ4v) is 2.42. The molecule has 4 nitrogen and oxygen atoms in total. The maximum Gasteiger partial charge on any atom is 0.208 e. The highest BCUT2D eigenvalue weighted by Gasteiger charge is 2.17. The second-order valence-corrected chi connectivity index (χ2v) is 4.70. The molecule has 0 bridgehead atoms. The molecule has 3 heterocycles. The van der Waals surface area contributed by atoms with Gasteiger partial charge < -0.3 is 0 Å². The van der Waals surface area contributed by atoms with E-state index in [1.807, 2.05) is 11.4 Å². The van der Waals surface area contributed by atoms with E-state index in [-0.39, 0.29) is 5.78 Å². The van der Waals surface area contributed by atoms with Gasteiger partial charge in [-0.1, -0.05) is 17.7 Å². The number of aromatic nitrogens is 3. The van der Waals surface area contributed by atoms with Crippen LogP contribution in [0.3, 0.4) is 0 Å². The van der Waals surface area contributed by atoms with Crippen molar-refractivity contribution < 1.29 is 4.79 Å². The highest BCUT2D eigenvalue weighted by Crippen LogP contribution is 2.19. The first kappa shape index (κ1) is 10.4. The van der Waals surface area contributed by atoms with E-state index in [4.69, 9.17) is 11.6 Å². The first-order valence-corrected chi connectivity index (χ1v) is 6.09. The summed E-state index contributed by atoms with van der Waals surface area (Å²) in [6.45, 7) is 0. The van der Waals surface area contributed by atoms with Gasteiger partial charge in [0.05, 0.1) is 16.6 Å². The summed E-state index contributed by atoms with van der Waals surface area (Å²) in [6.07, 6.45) is 3.06. The zero-order valence-corrected chi connectivity index (χ0v) is 10.1. The van der Waals surface area contributed by atoms with E-state index in [0.717, 1.165) is 0 Å². The van der Waals surface area contributed by atoms with Crippen molar-refractivity contribution in [2.24, 2.45) is 0 Å². The highest BCUT2D eigenvalue weighted by molar-refractivity contribution is 7.12. The third-order valence-electron chi connectivity index (χ3n) is 2.34. The molecule has 0 saturated carbocycles. The summed E-state index contributed by atoms with van der Waals surface area (Å²) >= 11 is 7.35. The molecule has 0 saturated heterocycles. The largest absolute Gasteiger partial charge is 0.287 e. The molecule has 0 radical (unpaired) electrons. The lowest BCUT2D eigenvalue weighted by Gasteiger charge is -1.96. The van der Waals surface area contributed by atoms with Crippen LogP contribution in [0.4, 0.5) is 0 Å². The molecule has 3 aromatic heterocycles. The minimum absolute atomic E-state index is 0.0789.